The first-order chi connectivity index (χ1) is 11.8. The van der Waals surface area contributed by atoms with Gasteiger partial charge in [-0.2, -0.15) is 0 Å². The van der Waals surface area contributed by atoms with Gasteiger partial charge in [0.05, 0.1) is 24.1 Å². The summed E-state index contributed by atoms with van der Waals surface area (Å²) in [4.78, 5) is 32.8. The number of esters is 1. The zero-order chi connectivity index (χ0) is 18.8. The standard InChI is InChI=1S/C16H22N2O7/c1-11(15(20)24-2)3-8-14(19)9-17-16(21)25-10-12-4-6-13(7-5-12)18(22)23/h4-7,11,14,19H,3,8-10H2,1-2H3,(H,17,21). The molecule has 0 saturated heterocycles. The third kappa shape index (κ3) is 7.62. The Hall–Kier alpha value is -2.68. The quantitative estimate of drug-likeness (QED) is 0.393. The van der Waals surface area contributed by atoms with Crippen LogP contribution >= 0.6 is 0 Å². The molecule has 138 valence electrons. The Morgan fingerprint density at radius 2 is 1.92 bits per heavy atom. The highest BCUT2D eigenvalue weighted by Gasteiger charge is 2.16. The van der Waals surface area contributed by atoms with E-state index in [2.05, 4.69) is 10.1 Å². The second-order valence-corrected chi connectivity index (χ2v) is 5.54. The highest BCUT2D eigenvalue weighted by molar-refractivity contribution is 5.71. The number of hydrogen-bond acceptors (Lipinski definition) is 7. The molecule has 0 aromatic heterocycles. The monoisotopic (exact) mass is 354 g/mol. The van der Waals surface area contributed by atoms with E-state index in [1.807, 2.05) is 0 Å². The highest BCUT2D eigenvalue weighted by atomic mass is 16.6. The Morgan fingerprint density at radius 3 is 2.48 bits per heavy atom. The van der Waals surface area contributed by atoms with Crippen molar-refractivity contribution in [3.63, 3.8) is 0 Å². The first-order valence-corrected chi connectivity index (χ1v) is 7.73. The number of aliphatic hydroxyl groups excluding tert-OH is 1. The molecule has 2 atom stereocenters. The summed E-state index contributed by atoms with van der Waals surface area (Å²) >= 11 is 0. The first kappa shape index (κ1) is 20.4. The van der Waals surface area contributed by atoms with E-state index in [9.17, 15) is 24.8 Å². The first-order valence-electron chi connectivity index (χ1n) is 7.73. The lowest BCUT2D eigenvalue weighted by Crippen LogP contribution is -2.33. The Kier molecular flexibility index (Phi) is 8.34. The van der Waals surface area contributed by atoms with Gasteiger partial charge in [0, 0.05) is 18.7 Å². The number of hydrogen-bond donors (Lipinski definition) is 2. The predicted molar refractivity (Wildman–Crippen MR) is 87.7 cm³/mol. The largest absolute Gasteiger partial charge is 0.469 e. The molecule has 0 saturated carbocycles. The van der Waals surface area contributed by atoms with Gasteiger partial charge in [-0.05, 0) is 30.5 Å². The molecular formula is C16H22N2O7. The van der Waals surface area contributed by atoms with Gasteiger partial charge in [-0.15, -0.1) is 0 Å². The number of methoxy groups -OCH3 is 1. The minimum absolute atomic E-state index is 0.00696. The molecule has 1 amide bonds. The minimum Gasteiger partial charge on any atom is -0.469 e. The summed E-state index contributed by atoms with van der Waals surface area (Å²) in [6.45, 7) is 1.65. The maximum Gasteiger partial charge on any atom is 0.407 e. The number of carbonyl (C=O) groups excluding carboxylic acids is 2. The number of aliphatic hydroxyl groups is 1. The van der Waals surface area contributed by atoms with Gasteiger partial charge in [-0.25, -0.2) is 4.79 Å². The van der Waals surface area contributed by atoms with Crippen molar-refractivity contribution in [2.75, 3.05) is 13.7 Å². The normalized spacial score (nSPS) is 12.8. The molecule has 0 heterocycles. The van der Waals surface area contributed by atoms with E-state index in [0.717, 1.165) is 0 Å². The molecule has 1 aromatic rings. The number of nitrogens with zero attached hydrogens (tertiary/aromatic N) is 1. The van der Waals surface area contributed by atoms with Crippen LogP contribution < -0.4 is 5.32 Å². The van der Waals surface area contributed by atoms with Gasteiger partial charge in [0.2, 0.25) is 0 Å². The molecule has 0 bridgehead atoms. The van der Waals surface area contributed by atoms with Crippen molar-refractivity contribution in [2.24, 2.45) is 5.92 Å². The van der Waals surface area contributed by atoms with Crippen LogP contribution in [0.2, 0.25) is 0 Å². The number of rotatable bonds is 9. The van der Waals surface area contributed by atoms with Gasteiger partial charge >= 0.3 is 12.1 Å². The smallest absolute Gasteiger partial charge is 0.407 e. The molecule has 0 radical (unpaired) electrons. The molecule has 0 aliphatic rings. The SMILES string of the molecule is COC(=O)C(C)CCC(O)CNC(=O)OCc1ccc([N+](=O)[O-])cc1. The van der Waals surface area contributed by atoms with Gasteiger partial charge in [-0.3, -0.25) is 14.9 Å². The fourth-order valence-corrected chi connectivity index (χ4v) is 1.98. The molecule has 25 heavy (non-hydrogen) atoms. The molecule has 1 aromatic carbocycles. The van der Waals surface area contributed by atoms with Gasteiger partial charge < -0.3 is 19.9 Å². The van der Waals surface area contributed by atoms with Crippen LogP contribution in [0.25, 0.3) is 0 Å². The van der Waals surface area contributed by atoms with E-state index in [4.69, 9.17) is 4.74 Å². The molecular weight excluding hydrogens is 332 g/mol. The number of carbonyl (C=O) groups is 2. The zero-order valence-corrected chi connectivity index (χ0v) is 14.1. The van der Waals surface area contributed by atoms with E-state index < -0.39 is 17.1 Å². The van der Waals surface area contributed by atoms with Crippen molar-refractivity contribution in [3.05, 3.63) is 39.9 Å². The molecule has 0 aliphatic heterocycles. The fourth-order valence-electron chi connectivity index (χ4n) is 1.98. The van der Waals surface area contributed by atoms with Crippen molar-refractivity contribution in [1.82, 2.24) is 5.32 Å². The van der Waals surface area contributed by atoms with Gasteiger partial charge in [0.25, 0.3) is 5.69 Å². The number of ether oxygens (including phenoxy) is 2. The predicted octanol–water partition coefficient (Wildman–Crippen LogP) is 1.77. The Morgan fingerprint density at radius 1 is 1.28 bits per heavy atom. The molecule has 0 fully saturated rings. The summed E-state index contributed by atoms with van der Waals surface area (Å²) in [6, 6.07) is 5.63. The van der Waals surface area contributed by atoms with Crippen LogP contribution in [0, 0.1) is 16.0 Å². The Bertz CT molecular complexity index is 589. The number of non-ortho nitro benzene ring substituents is 1. The molecule has 0 spiro atoms. The number of nitro groups is 1. The summed E-state index contributed by atoms with van der Waals surface area (Å²) < 4.78 is 9.54. The third-order valence-corrected chi connectivity index (χ3v) is 3.54. The molecule has 9 heteroatoms. The van der Waals surface area contributed by atoms with E-state index in [1.54, 1.807) is 6.92 Å². The van der Waals surface area contributed by atoms with Crippen molar-refractivity contribution < 1.29 is 29.1 Å². The van der Waals surface area contributed by atoms with Gasteiger partial charge in [-0.1, -0.05) is 6.92 Å². The summed E-state index contributed by atoms with van der Waals surface area (Å²) in [5, 5.41) is 22.7. The lowest BCUT2D eigenvalue weighted by atomic mass is 10.0. The van der Waals surface area contributed by atoms with Crippen molar-refractivity contribution in [2.45, 2.75) is 32.5 Å². The van der Waals surface area contributed by atoms with Crippen molar-refractivity contribution in [3.8, 4) is 0 Å². The lowest BCUT2D eigenvalue weighted by molar-refractivity contribution is -0.384. The molecule has 0 aliphatic carbocycles. The fraction of sp³-hybridized carbons (Fsp3) is 0.500. The topological polar surface area (TPSA) is 128 Å². The number of benzene rings is 1. The number of nitrogens with one attached hydrogen (secondary N) is 1. The number of amides is 1. The number of nitro benzene ring substituents is 1. The van der Waals surface area contributed by atoms with E-state index in [-0.39, 0.29) is 30.7 Å². The van der Waals surface area contributed by atoms with E-state index in [1.165, 1.54) is 31.4 Å². The van der Waals surface area contributed by atoms with Gasteiger partial charge in [0.15, 0.2) is 0 Å². The minimum atomic E-state index is -0.806. The van der Waals surface area contributed by atoms with Crippen LogP contribution in [-0.4, -0.2) is 41.9 Å². The second kappa shape index (κ2) is 10.2. The van der Waals surface area contributed by atoms with Crippen molar-refractivity contribution in [1.29, 1.82) is 0 Å². The van der Waals surface area contributed by atoms with Crippen LogP contribution in [0.1, 0.15) is 25.3 Å². The van der Waals surface area contributed by atoms with Crippen LogP contribution in [0.4, 0.5) is 10.5 Å². The lowest BCUT2D eigenvalue weighted by Gasteiger charge is -2.14. The maximum atomic E-state index is 11.6. The third-order valence-electron chi connectivity index (χ3n) is 3.54. The Balaban J connectivity index is 2.25. The molecule has 1 rings (SSSR count). The van der Waals surface area contributed by atoms with Crippen LogP contribution in [-0.2, 0) is 20.9 Å². The summed E-state index contributed by atoms with van der Waals surface area (Å²) in [7, 11) is 1.30. The molecule has 2 N–H and O–H groups in total. The van der Waals surface area contributed by atoms with E-state index >= 15 is 0 Å². The molecule has 2 unspecified atom stereocenters. The van der Waals surface area contributed by atoms with Crippen LogP contribution in [0.5, 0.6) is 0 Å². The van der Waals surface area contributed by atoms with Crippen LogP contribution in [0.15, 0.2) is 24.3 Å². The summed E-state index contributed by atoms with van der Waals surface area (Å²) in [5.74, 6) is -0.670. The maximum absolute atomic E-state index is 11.6. The number of alkyl carbamates (subject to hydrolysis) is 1. The molecule has 9 nitrogen and oxygen atoms in total. The summed E-state index contributed by atoms with van der Waals surface area (Å²) in [6.07, 6.45) is -0.746. The Labute approximate surface area is 145 Å². The average Bonchev–Trinajstić information content (AvgIpc) is 2.62. The average molecular weight is 354 g/mol. The second-order valence-electron chi connectivity index (χ2n) is 5.54. The summed E-state index contributed by atoms with van der Waals surface area (Å²) in [5.41, 5.74) is 0.561. The zero-order valence-electron chi connectivity index (χ0n) is 14.1. The van der Waals surface area contributed by atoms with Crippen LogP contribution in [0.3, 0.4) is 0 Å². The highest BCUT2D eigenvalue weighted by Crippen LogP contribution is 2.12. The van der Waals surface area contributed by atoms with Gasteiger partial charge in [0.1, 0.15) is 6.61 Å². The van der Waals surface area contributed by atoms with Crippen molar-refractivity contribution >= 4 is 17.7 Å². The van der Waals surface area contributed by atoms with E-state index in [0.29, 0.717) is 18.4 Å².